The minimum absolute atomic E-state index is 0.330. The highest BCUT2D eigenvalue weighted by Crippen LogP contribution is 2.33. The Labute approximate surface area is 146 Å². The molecule has 3 rings (SSSR count). The second-order valence-electron chi connectivity index (χ2n) is 6.14. The quantitative estimate of drug-likeness (QED) is 0.895. The molecule has 25 heavy (non-hydrogen) atoms. The molecule has 1 aromatic heterocycles. The van der Waals surface area contributed by atoms with Gasteiger partial charge in [-0.25, -0.2) is 0 Å². The summed E-state index contributed by atoms with van der Waals surface area (Å²) in [5.74, 6) is -0.330. The molecule has 1 aromatic carbocycles. The topological polar surface area (TPSA) is 62.5 Å². The zero-order valence-corrected chi connectivity index (χ0v) is 14.3. The molecule has 128 valence electrons. The van der Waals surface area contributed by atoms with E-state index in [9.17, 15) is 15.0 Å². The average molecular weight is 335 g/mol. The van der Waals surface area contributed by atoms with Gasteiger partial charge in [0, 0.05) is 18.2 Å². The summed E-state index contributed by atoms with van der Waals surface area (Å²) in [6, 6.07) is 11.3. The molecule has 0 aliphatic heterocycles. The maximum absolute atomic E-state index is 11.8. The summed E-state index contributed by atoms with van der Waals surface area (Å²) in [5.41, 5.74) is 4.07. The van der Waals surface area contributed by atoms with Gasteiger partial charge in [-0.15, -0.1) is 0 Å². The van der Waals surface area contributed by atoms with Crippen LogP contribution in [0.25, 0.3) is 11.3 Å². The summed E-state index contributed by atoms with van der Waals surface area (Å²) >= 11 is 0. The van der Waals surface area contributed by atoms with Crippen LogP contribution in [-0.2, 0) is 0 Å². The van der Waals surface area contributed by atoms with Gasteiger partial charge in [0.1, 0.15) is 0 Å². The zero-order valence-electron chi connectivity index (χ0n) is 14.3. The van der Waals surface area contributed by atoms with Gasteiger partial charge >= 0.3 is 0 Å². The van der Waals surface area contributed by atoms with E-state index >= 15 is 0 Å². The van der Waals surface area contributed by atoms with Crippen molar-refractivity contribution in [3.05, 3.63) is 87.9 Å². The Morgan fingerprint density at radius 3 is 2.60 bits per heavy atom. The first-order valence-corrected chi connectivity index (χ1v) is 8.25. The average Bonchev–Trinajstić information content (AvgIpc) is 2.79. The third-order valence-corrected chi connectivity index (χ3v) is 4.41. The number of hydrogen-bond donors (Lipinski definition) is 2. The van der Waals surface area contributed by atoms with Gasteiger partial charge in [0.25, 0.3) is 0 Å². The van der Waals surface area contributed by atoms with E-state index in [1.54, 1.807) is 11.5 Å². The molecule has 0 fully saturated rings. The first kappa shape index (κ1) is 17.0. The molecular formula is C21H21NO3. The first-order valence-electron chi connectivity index (χ1n) is 8.25. The van der Waals surface area contributed by atoms with Crippen LogP contribution >= 0.6 is 0 Å². The number of hydrogen-bond acceptors (Lipinski definition) is 3. The van der Waals surface area contributed by atoms with Crippen LogP contribution in [0, 0.1) is 0 Å². The van der Waals surface area contributed by atoms with Crippen molar-refractivity contribution in [2.24, 2.45) is 0 Å². The Balaban J connectivity index is 2.23. The molecule has 0 spiro atoms. The molecule has 0 amide bonds. The molecule has 0 saturated carbocycles. The second kappa shape index (κ2) is 6.95. The molecule has 4 nitrogen and oxygen atoms in total. The molecule has 0 saturated heterocycles. The Hall–Kier alpha value is -2.85. The monoisotopic (exact) mass is 335 g/mol. The van der Waals surface area contributed by atoms with Crippen LogP contribution in [0.3, 0.4) is 0 Å². The van der Waals surface area contributed by atoms with Crippen LogP contribution in [0.15, 0.2) is 71.2 Å². The number of benzene rings is 1. The minimum atomic E-state index is -0.829. The van der Waals surface area contributed by atoms with Crippen LogP contribution in [0.1, 0.15) is 37.6 Å². The lowest BCUT2D eigenvalue weighted by atomic mass is 9.97. The summed E-state index contributed by atoms with van der Waals surface area (Å²) in [7, 11) is 0. The van der Waals surface area contributed by atoms with Crippen molar-refractivity contribution in [3.63, 3.8) is 0 Å². The zero-order chi connectivity index (χ0) is 18.0. The fourth-order valence-corrected chi connectivity index (χ4v) is 3.08. The van der Waals surface area contributed by atoms with E-state index < -0.39 is 11.5 Å². The molecule has 1 heterocycles. The molecule has 1 aliphatic carbocycles. The van der Waals surface area contributed by atoms with Gasteiger partial charge in [-0.05, 0) is 30.6 Å². The van der Waals surface area contributed by atoms with E-state index in [1.807, 2.05) is 49.4 Å². The Morgan fingerprint density at radius 1 is 1.20 bits per heavy atom. The normalized spacial score (nSPS) is 15.7. The van der Waals surface area contributed by atoms with E-state index in [0.717, 1.165) is 22.4 Å². The van der Waals surface area contributed by atoms with Gasteiger partial charge in [0.05, 0.1) is 18.0 Å². The summed E-state index contributed by atoms with van der Waals surface area (Å²) in [4.78, 5) is 11.8. The second-order valence-corrected chi connectivity index (χ2v) is 6.14. The molecular weight excluding hydrogens is 314 g/mol. The van der Waals surface area contributed by atoms with Gasteiger partial charge in [-0.3, -0.25) is 4.79 Å². The van der Waals surface area contributed by atoms with Crippen LogP contribution in [0.2, 0.25) is 0 Å². The highest BCUT2D eigenvalue weighted by molar-refractivity contribution is 5.86. The van der Waals surface area contributed by atoms with E-state index in [4.69, 9.17) is 0 Å². The number of pyridine rings is 1. The molecule has 2 N–H and O–H groups in total. The number of aromatic nitrogens is 1. The fraction of sp³-hybridized carbons (Fsp3) is 0.190. The van der Waals surface area contributed by atoms with Crippen molar-refractivity contribution in [2.45, 2.75) is 26.4 Å². The fourth-order valence-electron chi connectivity index (χ4n) is 3.08. The van der Waals surface area contributed by atoms with Gasteiger partial charge in [-0.2, -0.15) is 0 Å². The van der Waals surface area contributed by atoms with Gasteiger partial charge in [0.15, 0.2) is 5.75 Å². The lowest BCUT2D eigenvalue weighted by molar-refractivity contribution is 0.191. The predicted octanol–water partition coefficient (Wildman–Crippen LogP) is 3.88. The molecule has 1 unspecified atom stereocenters. The summed E-state index contributed by atoms with van der Waals surface area (Å²) < 4.78 is 1.73. The van der Waals surface area contributed by atoms with Gasteiger partial charge in [0.2, 0.25) is 5.43 Å². The van der Waals surface area contributed by atoms with Crippen molar-refractivity contribution < 1.29 is 10.2 Å². The Kier molecular flexibility index (Phi) is 4.72. The highest BCUT2D eigenvalue weighted by Gasteiger charge is 2.17. The van der Waals surface area contributed by atoms with Crippen molar-refractivity contribution in [1.82, 2.24) is 4.57 Å². The largest absolute Gasteiger partial charge is 0.503 e. The smallest absolute Gasteiger partial charge is 0.223 e. The van der Waals surface area contributed by atoms with Crippen LogP contribution in [0.4, 0.5) is 0 Å². The summed E-state index contributed by atoms with van der Waals surface area (Å²) in [5, 5.41) is 20.0. The van der Waals surface area contributed by atoms with Gasteiger partial charge in [-0.1, -0.05) is 48.6 Å². The number of aromatic hydroxyl groups is 1. The lowest BCUT2D eigenvalue weighted by Gasteiger charge is -2.21. The number of aliphatic hydroxyl groups is 1. The standard InChI is InChI=1S/C21H21NO3/c1-14-17(16-8-4-3-5-9-16)10-6-7-11-18(14)22-13-21(25)20(24)12-19(22)15(2)23/h3-10,12-13,15,23,25H,11H2,1-2H3. The summed E-state index contributed by atoms with van der Waals surface area (Å²) in [6.07, 6.45) is 7.28. The molecule has 0 bridgehead atoms. The number of aliphatic hydroxyl groups excluding tert-OH is 1. The van der Waals surface area contributed by atoms with Crippen LogP contribution in [-0.4, -0.2) is 14.8 Å². The number of allylic oxidation sites excluding steroid dienone is 6. The van der Waals surface area contributed by atoms with Crippen molar-refractivity contribution in [2.75, 3.05) is 0 Å². The minimum Gasteiger partial charge on any atom is -0.503 e. The Bertz CT molecular complexity index is 931. The molecule has 1 atom stereocenters. The predicted molar refractivity (Wildman–Crippen MR) is 100 cm³/mol. The molecule has 2 aromatic rings. The van der Waals surface area contributed by atoms with Crippen LogP contribution < -0.4 is 5.43 Å². The molecule has 0 radical (unpaired) electrons. The Morgan fingerprint density at radius 2 is 1.92 bits per heavy atom. The van der Waals surface area contributed by atoms with Crippen LogP contribution in [0.5, 0.6) is 5.75 Å². The molecule has 1 aliphatic rings. The van der Waals surface area contributed by atoms with Crippen molar-refractivity contribution in [3.8, 4) is 5.75 Å². The maximum atomic E-state index is 11.8. The highest BCUT2D eigenvalue weighted by atomic mass is 16.3. The first-order chi connectivity index (χ1) is 12.0. The van der Waals surface area contributed by atoms with E-state index in [2.05, 4.69) is 6.08 Å². The van der Waals surface area contributed by atoms with E-state index in [0.29, 0.717) is 12.1 Å². The summed E-state index contributed by atoms with van der Waals surface area (Å²) in [6.45, 7) is 3.63. The van der Waals surface area contributed by atoms with Crippen molar-refractivity contribution in [1.29, 1.82) is 0 Å². The SMILES string of the molecule is CC1=C(n2cc(O)c(=O)cc2C(C)O)CC=CC=C1c1ccccc1. The molecule has 4 heteroatoms. The van der Waals surface area contributed by atoms with Crippen molar-refractivity contribution >= 4 is 11.3 Å². The third-order valence-electron chi connectivity index (χ3n) is 4.41. The van der Waals surface area contributed by atoms with E-state index in [-0.39, 0.29) is 5.75 Å². The van der Waals surface area contributed by atoms with E-state index in [1.165, 1.54) is 12.3 Å². The number of nitrogens with zero attached hydrogens (tertiary/aromatic N) is 1. The maximum Gasteiger partial charge on any atom is 0.223 e. The third kappa shape index (κ3) is 3.35. The lowest BCUT2D eigenvalue weighted by Crippen LogP contribution is -2.15. The van der Waals surface area contributed by atoms with Gasteiger partial charge < -0.3 is 14.8 Å². The number of rotatable bonds is 3.